The minimum Gasteiger partial charge on any atom is -0.495 e. The summed E-state index contributed by atoms with van der Waals surface area (Å²) < 4.78 is 5.14. The van der Waals surface area contributed by atoms with Crippen molar-refractivity contribution in [2.24, 2.45) is 0 Å². The number of benzene rings is 1. The van der Waals surface area contributed by atoms with Gasteiger partial charge in [-0.05, 0) is 46.5 Å². The van der Waals surface area contributed by atoms with Crippen LogP contribution in [0.5, 0.6) is 5.75 Å². The van der Waals surface area contributed by atoms with Crippen LogP contribution in [0.2, 0.25) is 5.02 Å². The zero-order valence-electron chi connectivity index (χ0n) is 9.61. The monoisotopic (exact) mass is 268 g/mol. The van der Waals surface area contributed by atoms with Crippen molar-refractivity contribution in [3.05, 3.63) is 50.7 Å². The maximum atomic E-state index is 10.3. The van der Waals surface area contributed by atoms with Gasteiger partial charge >= 0.3 is 0 Å². The topological polar surface area (TPSA) is 29.5 Å². The van der Waals surface area contributed by atoms with Gasteiger partial charge in [-0.3, -0.25) is 0 Å². The Morgan fingerprint density at radius 2 is 2.12 bits per heavy atom. The zero-order chi connectivity index (χ0) is 12.4. The van der Waals surface area contributed by atoms with Gasteiger partial charge < -0.3 is 9.84 Å². The molecule has 90 valence electrons. The van der Waals surface area contributed by atoms with Crippen LogP contribution in [0.1, 0.15) is 22.8 Å². The molecule has 0 amide bonds. The van der Waals surface area contributed by atoms with Crippen LogP contribution in [0.3, 0.4) is 0 Å². The number of rotatable bonds is 3. The number of aliphatic hydroxyl groups is 1. The molecule has 1 N–H and O–H groups in total. The van der Waals surface area contributed by atoms with E-state index in [1.54, 1.807) is 30.6 Å². The number of aryl methyl sites for hydroxylation is 1. The Labute approximate surface area is 109 Å². The molecule has 0 saturated heterocycles. The van der Waals surface area contributed by atoms with Crippen LogP contribution in [0.15, 0.2) is 29.0 Å². The highest BCUT2D eigenvalue weighted by Crippen LogP contribution is 2.32. The summed E-state index contributed by atoms with van der Waals surface area (Å²) in [6.45, 7) is 1.99. The standard InChI is InChI=1S/C13H13ClO2S/c1-8-6-17-7-10(8)13(15)9-3-4-11(14)12(5-9)16-2/h3-7,13,15H,1-2H3. The first-order chi connectivity index (χ1) is 8.13. The van der Waals surface area contributed by atoms with E-state index in [1.807, 2.05) is 23.8 Å². The quantitative estimate of drug-likeness (QED) is 0.917. The number of hydrogen-bond acceptors (Lipinski definition) is 3. The van der Waals surface area contributed by atoms with Gasteiger partial charge in [-0.25, -0.2) is 0 Å². The average Bonchev–Trinajstić information content (AvgIpc) is 2.75. The fourth-order valence-electron chi connectivity index (χ4n) is 1.68. The van der Waals surface area contributed by atoms with Crippen molar-refractivity contribution in [2.45, 2.75) is 13.0 Å². The zero-order valence-corrected chi connectivity index (χ0v) is 11.2. The van der Waals surface area contributed by atoms with Gasteiger partial charge in [0.05, 0.1) is 12.1 Å². The van der Waals surface area contributed by atoms with E-state index in [2.05, 4.69) is 0 Å². The molecule has 0 aliphatic carbocycles. The third-order valence-electron chi connectivity index (χ3n) is 2.68. The van der Waals surface area contributed by atoms with Gasteiger partial charge in [0.1, 0.15) is 11.9 Å². The van der Waals surface area contributed by atoms with Gasteiger partial charge in [0.15, 0.2) is 0 Å². The highest BCUT2D eigenvalue weighted by atomic mass is 35.5. The van der Waals surface area contributed by atoms with Crippen molar-refractivity contribution < 1.29 is 9.84 Å². The molecule has 1 aromatic carbocycles. The van der Waals surface area contributed by atoms with Crippen LogP contribution in [0.4, 0.5) is 0 Å². The normalized spacial score (nSPS) is 12.5. The first-order valence-electron chi connectivity index (χ1n) is 5.17. The van der Waals surface area contributed by atoms with Gasteiger partial charge in [-0.15, -0.1) is 0 Å². The number of thiophene rings is 1. The number of methoxy groups -OCH3 is 1. The lowest BCUT2D eigenvalue weighted by molar-refractivity contribution is 0.219. The van der Waals surface area contributed by atoms with E-state index in [9.17, 15) is 5.11 Å². The van der Waals surface area contributed by atoms with Gasteiger partial charge in [0.2, 0.25) is 0 Å². The summed E-state index contributed by atoms with van der Waals surface area (Å²) in [4.78, 5) is 0. The predicted molar refractivity (Wildman–Crippen MR) is 71.1 cm³/mol. The Balaban J connectivity index is 2.38. The highest BCUT2D eigenvalue weighted by molar-refractivity contribution is 7.08. The van der Waals surface area contributed by atoms with Crippen LogP contribution < -0.4 is 4.74 Å². The maximum Gasteiger partial charge on any atom is 0.137 e. The second-order valence-corrected chi connectivity index (χ2v) is 4.96. The third kappa shape index (κ3) is 2.46. The Hall–Kier alpha value is -1.03. The molecule has 0 radical (unpaired) electrons. The molecule has 1 unspecified atom stereocenters. The van der Waals surface area contributed by atoms with Crippen molar-refractivity contribution in [3.8, 4) is 5.75 Å². The van der Waals surface area contributed by atoms with Gasteiger partial charge in [-0.1, -0.05) is 17.7 Å². The predicted octanol–water partition coefficient (Wildman–Crippen LogP) is 3.80. The van der Waals surface area contributed by atoms with Crippen molar-refractivity contribution >= 4 is 22.9 Å². The first kappa shape index (κ1) is 12.4. The summed E-state index contributed by atoms with van der Waals surface area (Å²) in [5, 5.41) is 14.8. The minimum absolute atomic E-state index is 0.547. The Kier molecular flexibility index (Phi) is 3.72. The maximum absolute atomic E-state index is 10.3. The summed E-state index contributed by atoms with van der Waals surface area (Å²) >= 11 is 7.54. The van der Waals surface area contributed by atoms with Crippen molar-refractivity contribution in [1.29, 1.82) is 0 Å². The Bertz CT molecular complexity index is 522. The van der Waals surface area contributed by atoms with Crippen LogP contribution in [-0.4, -0.2) is 12.2 Å². The van der Waals surface area contributed by atoms with Crippen LogP contribution in [0.25, 0.3) is 0 Å². The molecular weight excluding hydrogens is 256 g/mol. The summed E-state index contributed by atoms with van der Waals surface area (Å²) in [6.07, 6.45) is -0.632. The summed E-state index contributed by atoms with van der Waals surface area (Å²) in [6, 6.07) is 5.32. The van der Waals surface area contributed by atoms with E-state index in [0.29, 0.717) is 10.8 Å². The summed E-state index contributed by atoms with van der Waals surface area (Å²) in [5.41, 5.74) is 2.81. The van der Waals surface area contributed by atoms with E-state index in [1.165, 1.54) is 0 Å². The van der Waals surface area contributed by atoms with E-state index >= 15 is 0 Å². The number of aliphatic hydroxyl groups excluding tert-OH is 1. The number of ether oxygens (including phenoxy) is 1. The summed E-state index contributed by atoms with van der Waals surface area (Å²) in [7, 11) is 1.56. The molecule has 0 spiro atoms. The second kappa shape index (κ2) is 5.08. The lowest BCUT2D eigenvalue weighted by Crippen LogP contribution is -2.00. The van der Waals surface area contributed by atoms with E-state index in [0.717, 1.165) is 16.7 Å². The first-order valence-corrected chi connectivity index (χ1v) is 6.49. The fourth-order valence-corrected chi connectivity index (χ4v) is 2.74. The smallest absolute Gasteiger partial charge is 0.137 e. The molecule has 1 heterocycles. The lowest BCUT2D eigenvalue weighted by Gasteiger charge is -2.13. The van der Waals surface area contributed by atoms with Gasteiger partial charge in [0, 0.05) is 0 Å². The third-order valence-corrected chi connectivity index (χ3v) is 3.87. The Morgan fingerprint density at radius 1 is 1.35 bits per heavy atom. The largest absolute Gasteiger partial charge is 0.495 e. The SMILES string of the molecule is COc1cc(C(O)c2cscc2C)ccc1Cl. The number of hydrogen-bond donors (Lipinski definition) is 1. The molecule has 4 heteroatoms. The second-order valence-electron chi connectivity index (χ2n) is 3.81. The highest BCUT2D eigenvalue weighted by Gasteiger charge is 2.15. The molecule has 1 atom stereocenters. The van der Waals surface area contributed by atoms with Crippen molar-refractivity contribution in [3.63, 3.8) is 0 Å². The van der Waals surface area contributed by atoms with Crippen LogP contribution >= 0.6 is 22.9 Å². The van der Waals surface area contributed by atoms with E-state index < -0.39 is 6.10 Å². The molecule has 0 saturated carbocycles. The summed E-state index contributed by atoms with van der Waals surface area (Å²) in [5.74, 6) is 0.580. The molecule has 0 bridgehead atoms. The molecule has 2 aromatic rings. The molecule has 0 fully saturated rings. The Morgan fingerprint density at radius 3 is 2.71 bits per heavy atom. The van der Waals surface area contributed by atoms with Crippen LogP contribution in [-0.2, 0) is 0 Å². The van der Waals surface area contributed by atoms with Crippen LogP contribution in [0, 0.1) is 6.92 Å². The molecular formula is C13H13ClO2S. The molecule has 2 rings (SSSR count). The molecule has 1 aromatic heterocycles. The molecule has 0 aliphatic heterocycles. The van der Waals surface area contributed by atoms with E-state index in [-0.39, 0.29) is 0 Å². The molecule has 0 aliphatic rings. The van der Waals surface area contributed by atoms with E-state index in [4.69, 9.17) is 16.3 Å². The van der Waals surface area contributed by atoms with Crippen molar-refractivity contribution in [2.75, 3.05) is 7.11 Å². The lowest BCUT2D eigenvalue weighted by atomic mass is 10.0. The van der Waals surface area contributed by atoms with Crippen molar-refractivity contribution in [1.82, 2.24) is 0 Å². The van der Waals surface area contributed by atoms with Gasteiger partial charge in [-0.2, -0.15) is 11.3 Å². The average molecular weight is 269 g/mol. The fraction of sp³-hybridized carbons (Fsp3) is 0.231. The molecule has 2 nitrogen and oxygen atoms in total. The number of halogens is 1. The minimum atomic E-state index is -0.632. The molecule has 17 heavy (non-hydrogen) atoms. The van der Waals surface area contributed by atoms with Gasteiger partial charge in [0.25, 0.3) is 0 Å².